The number of carbonyl (C=O) groups excluding carboxylic acids is 2. The molecule has 3 aromatic heterocycles. The number of nitrogens with zero attached hydrogens (tertiary/aromatic N) is 5. The number of anilines is 3. The van der Waals surface area contributed by atoms with E-state index in [1.807, 2.05) is 0 Å². The molecule has 0 aromatic carbocycles. The Bertz CT molecular complexity index is 1380. The SMILES string of the molecule is CC(C)(C)OC(=O)N[C@H]1CCCC[C@H]1Nc1nc(Nc2cnc(OC(F)F)c(-n3nccn3)c2)c(C(N)=O)cc1F. The number of pyridine rings is 2. The van der Waals surface area contributed by atoms with Gasteiger partial charge in [0.2, 0.25) is 5.88 Å². The predicted molar refractivity (Wildman–Crippen MR) is 141 cm³/mol. The zero-order valence-corrected chi connectivity index (χ0v) is 22.5. The van der Waals surface area contributed by atoms with Gasteiger partial charge in [-0.3, -0.25) is 4.79 Å². The maximum atomic E-state index is 15.1. The molecule has 3 heterocycles. The number of alkyl carbamates (subject to hydrolysis) is 1. The van der Waals surface area contributed by atoms with E-state index in [1.165, 1.54) is 18.5 Å². The summed E-state index contributed by atoms with van der Waals surface area (Å²) in [4.78, 5) is 33.7. The lowest BCUT2D eigenvalue weighted by atomic mass is 9.90. The third-order valence-corrected chi connectivity index (χ3v) is 5.96. The second-order valence-corrected chi connectivity index (χ2v) is 10.2. The number of ether oxygens (including phenoxy) is 2. The van der Waals surface area contributed by atoms with Crippen LogP contribution in [0, 0.1) is 5.82 Å². The molecule has 3 aromatic rings. The highest BCUT2D eigenvalue weighted by atomic mass is 19.3. The first-order valence-corrected chi connectivity index (χ1v) is 12.7. The Morgan fingerprint density at radius 1 is 1.10 bits per heavy atom. The Balaban J connectivity index is 1.62. The molecule has 0 saturated heterocycles. The normalized spacial score (nSPS) is 17.1. The van der Waals surface area contributed by atoms with Gasteiger partial charge >= 0.3 is 12.7 Å². The minimum Gasteiger partial charge on any atom is -0.444 e. The maximum absolute atomic E-state index is 15.1. The van der Waals surface area contributed by atoms with Gasteiger partial charge in [-0.05, 0) is 45.7 Å². The second-order valence-electron chi connectivity index (χ2n) is 10.2. The van der Waals surface area contributed by atoms with Gasteiger partial charge in [-0.1, -0.05) is 12.8 Å². The topological polar surface area (TPSA) is 171 Å². The minimum atomic E-state index is -3.15. The number of amides is 2. The zero-order chi connectivity index (χ0) is 29.7. The van der Waals surface area contributed by atoms with Crippen molar-refractivity contribution < 1.29 is 32.2 Å². The molecule has 2 amide bonds. The summed E-state index contributed by atoms with van der Waals surface area (Å²) in [5.74, 6) is -2.58. The molecule has 5 N–H and O–H groups in total. The van der Waals surface area contributed by atoms with Crippen LogP contribution >= 0.6 is 0 Å². The Morgan fingerprint density at radius 3 is 2.41 bits per heavy atom. The summed E-state index contributed by atoms with van der Waals surface area (Å²) in [7, 11) is 0. The average Bonchev–Trinajstić information content (AvgIpc) is 3.41. The van der Waals surface area contributed by atoms with Gasteiger partial charge in [-0.2, -0.15) is 19.0 Å². The van der Waals surface area contributed by atoms with Crippen molar-refractivity contribution in [3.8, 4) is 11.6 Å². The van der Waals surface area contributed by atoms with E-state index in [2.05, 4.69) is 40.9 Å². The van der Waals surface area contributed by atoms with Crippen LogP contribution in [0.3, 0.4) is 0 Å². The highest BCUT2D eigenvalue weighted by Gasteiger charge is 2.30. The predicted octanol–water partition coefficient (Wildman–Crippen LogP) is 3.89. The second kappa shape index (κ2) is 12.3. The molecule has 0 unspecified atom stereocenters. The van der Waals surface area contributed by atoms with Crippen LogP contribution in [0.1, 0.15) is 56.8 Å². The van der Waals surface area contributed by atoms with Crippen LogP contribution in [0.4, 0.5) is 35.3 Å². The van der Waals surface area contributed by atoms with Gasteiger partial charge in [0.15, 0.2) is 11.6 Å². The van der Waals surface area contributed by atoms with Crippen molar-refractivity contribution in [1.82, 2.24) is 30.3 Å². The zero-order valence-electron chi connectivity index (χ0n) is 22.5. The number of hydrogen-bond donors (Lipinski definition) is 4. The molecule has 1 aliphatic carbocycles. The van der Waals surface area contributed by atoms with E-state index in [9.17, 15) is 18.4 Å². The van der Waals surface area contributed by atoms with Crippen molar-refractivity contribution in [3.63, 3.8) is 0 Å². The molecule has 13 nitrogen and oxygen atoms in total. The lowest BCUT2D eigenvalue weighted by Crippen LogP contribution is -2.50. The standard InChI is InChI=1S/C25H30F3N9O4/c1-25(2,3)41-24(39)35-17-7-5-4-6-16(17)34-21-15(26)11-14(19(29)38)20(36-21)33-13-10-18(37-31-8-9-32-37)22(30-12-13)40-23(27)28/h8-12,16-17,23H,4-7H2,1-3H3,(H2,29,38)(H,35,39)(H2,33,34,36)/t16-,17+/m1/s1. The molecule has 0 bridgehead atoms. The van der Waals surface area contributed by atoms with Gasteiger partial charge in [0.25, 0.3) is 5.91 Å². The van der Waals surface area contributed by atoms with E-state index in [-0.39, 0.29) is 34.6 Å². The molecule has 0 spiro atoms. The molecule has 0 aliphatic heterocycles. The molecule has 16 heteroatoms. The molecule has 4 rings (SSSR count). The molecule has 1 fully saturated rings. The fourth-order valence-corrected chi connectivity index (χ4v) is 4.29. The summed E-state index contributed by atoms with van der Waals surface area (Å²) in [5.41, 5.74) is 4.63. The number of hydrogen-bond acceptors (Lipinski definition) is 10. The van der Waals surface area contributed by atoms with Crippen molar-refractivity contribution in [3.05, 3.63) is 42.1 Å². The number of nitrogens with one attached hydrogen (secondary N) is 3. The van der Waals surface area contributed by atoms with Gasteiger partial charge in [-0.15, -0.1) is 4.80 Å². The lowest BCUT2D eigenvalue weighted by molar-refractivity contribution is -0.0529. The summed E-state index contributed by atoms with van der Waals surface area (Å²) in [6.45, 7) is 2.10. The number of nitrogens with two attached hydrogens (primary N) is 1. The molecule has 220 valence electrons. The van der Waals surface area contributed by atoms with E-state index < -0.39 is 42.0 Å². The quantitative estimate of drug-likeness (QED) is 0.292. The molecular weight excluding hydrogens is 547 g/mol. The van der Waals surface area contributed by atoms with Crippen molar-refractivity contribution in [2.45, 2.75) is 70.8 Å². The monoisotopic (exact) mass is 577 g/mol. The Kier molecular flexibility index (Phi) is 8.78. The highest BCUT2D eigenvalue weighted by Crippen LogP contribution is 2.30. The molecule has 0 radical (unpaired) electrons. The first-order valence-electron chi connectivity index (χ1n) is 12.7. The summed E-state index contributed by atoms with van der Waals surface area (Å²) in [6, 6.07) is 1.49. The van der Waals surface area contributed by atoms with Crippen LogP contribution in [0.25, 0.3) is 5.69 Å². The number of alkyl halides is 2. The van der Waals surface area contributed by atoms with Gasteiger partial charge in [0.1, 0.15) is 17.1 Å². The highest BCUT2D eigenvalue weighted by molar-refractivity contribution is 5.98. The Labute approximate surface area is 233 Å². The lowest BCUT2D eigenvalue weighted by Gasteiger charge is -2.34. The van der Waals surface area contributed by atoms with E-state index in [0.717, 1.165) is 29.9 Å². The van der Waals surface area contributed by atoms with E-state index in [1.54, 1.807) is 20.8 Å². The van der Waals surface area contributed by atoms with Crippen molar-refractivity contribution in [1.29, 1.82) is 0 Å². The van der Waals surface area contributed by atoms with Crippen LogP contribution in [0.5, 0.6) is 5.88 Å². The molecule has 41 heavy (non-hydrogen) atoms. The van der Waals surface area contributed by atoms with Crippen LogP contribution in [-0.4, -0.2) is 61.3 Å². The molecule has 1 saturated carbocycles. The summed E-state index contributed by atoms with van der Waals surface area (Å²) < 4.78 is 50.8. The van der Waals surface area contributed by atoms with Gasteiger partial charge in [-0.25, -0.2) is 19.2 Å². The van der Waals surface area contributed by atoms with Gasteiger partial charge in [0, 0.05) is 6.04 Å². The van der Waals surface area contributed by atoms with Gasteiger partial charge < -0.3 is 31.2 Å². The summed E-state index contributed by atoms with van der Waals surface area (Å²) >= 11 is 0. The van der Waals surface area contributed by atoms with Crippen molar-refractivity contribution in [2.75, 3.05) is 10.6 Å². The molecule has 2 atom stereocenters. The number of aromatic nitrogens is 5. The number of primary amides is 1. The van der Waals surface area contributed by atoms with E-state index in [0.29, 0.717) is 12.8 Å². The van der Waals surface area contributed by atoms with E-state index in [4.69, 9.17) is 10.5 Å². The first kappa shape index (κ1) is 29.4. The van der Waals surface area contributed by atoms with Crippen LogP contribution < -0.4 is 26.4 Å². The maximum Gasteiger partial charge on any atom is 0.407 e. The minimum absolute atomic E-state index is 0.0420. The van der Waals surface area contributed by atoms with E-state index >= 15 is 4.39 Å². The van der Waals surface area contributed by atoms with Crippen LogP contribution in [-0.2, 0) is 4.74 Å². The number of carbonyl (C=O) groups is 2. The third kappa shape index (κ3) is 7.73. The summed E-state index contributed by atoms with van der Waals surface area (Å²) in [6.07, 6.45) is 6.14. The molecular formula is C25H30F3N9O4. The van der Waals surface area contributed by atoms with Crippen LogP contribution in [0.2, 0.25) is 0 Å². The van der Waals surface area contributed by atoms with Gasteiger partial charge in [0.05, 0.1) is 35.9 Å². The fourth-order valence-electron chi connectivity index (χ4n) is 4.29. The Hall–Kier alpha value is -4.63. The Morgan fingerprint density at radius 2 is 1.78 bits per heavy atom. The average molecular weight is 578 g/mol. The largest absolute Gasteiger partial charge is 0.444 e. The number of halogens is 3. The smallest absolute Gasteiger partial charge is 0.407 e. The number of rotatable bonds is 9. The first-order chi connectivity index (χ1) is 19.4. The third-order valence-electron chi connectivity index (χ3n) is 5.96. The van der Waals surface area contributed by atoms with Crippen LogP contribution in [0.15, 0.2) is 30.7 Å². The summed E-state index contributed by atoms with van der Waals surface area (Å²) in [5, 5.41) is 16.5. The van der Waals surface area contributed by atoms with Crippen molar-refractivity contribution in [2.24, 2.45) is 5.73 Å². The molecule has 1 aliphatic rings. The van der Waals surface area contributed by atoms with Crippen molar-refractivity contribution >= 4 is 29.3 Å². The fraction of sp³-hybridized carbons (Fsp3) is 0.440.